The molecule has 1 aromatic rings. The third-order valence-corrected chi connectivity index (χ3v) is 1.67. The van der Waals surface area contributed by atoms with Crippen molar-refractivity contribution >= 4 is 17.5 Å². The number of anilines is 1. The van der Waals surface area contributed by atoms with Crippen LogP contribution in [0, 0.1) is 6.57 Å². The predicted octanol–water partition coefficient (Wildman–Crippen LogP) is 3.65. The molecule has 0 aliphatic rings. The molecule has 1 amide bonds. The quantitative estimate of drug-likeness (QED) is 0.314. The third kappa shape index (κ3) is 2.28. The SMILES string of the molecule is [C-]#[N+]c1ccccc1N(C(=O)F)C(F)(F)F. The highest BCUT2D eigenvalue weighted by Crippen LogP contribution is 2.36. The summed E-state index contributed by atoms with van der Waals surface area (Å²) >= 11 is 0. The van der Waals surface area contributed by atoms with Crippen molar-refractivity contribution in [2.45, 2.75) is 6.30 Å². The van der Waals surface area contributed by atoms with Gasteiger partial charge >= 0.3 is 12.5 Å². The van der Waals surface area contributed by atoms with Gasteiger partial charge in [-0.15, -0.1) is 17.6 Å². The first kappa shape index (κ1) is 12.0. The zero-order valence-electron chi connectivity index (χ0n) is 7.62. The summed E-state index contributed by atoms with van der Waals surface area (Å²) in [7, 11) is 0. The minimum atomic E-state index is -5.20. The molecule has 0 radical (unpaired) electrons. The molecule has 0 unspecified atom stereocenters. The maximum Gasteiger partial charge on any atom is 0.492 e. The van der Waals surface area contributed by atoms with E-state index in [1.807, 2.05) is 0 Å². The summed E-state index contributed by atoms with van der Waals surface area (Å²) in [6.45, 7) is 6.62. The summed E-state index contributed by atoms with van der Waals surface area (Å²) in [6.07, 6.45) is -7.88. The summed E-state index contributed by atoms with van der Waals surface area (Å²) in [4.78, 5) is 12.1. The molecule has 0 heterocycles. The Morgan fingerprint density at radius 2 is 1.88 bits per heavy atom. The first-order chi connectivity index (χ1) is 7.38. The Hall–Kier alpha value is -2.10. The van der Waals surface area contributed by atoms with Gasteiger partial charge in [-0.1, -0.05) is 18.2 Å². The number of halogens is 4. The number of benzene rings is 1. The van der Waals surface area contributed by atoms with Gasteiger partial charge in [0.15, 0.2) is 0 Å². The minimum absolute atomic E-state index is 0.453. The lowest BCUT2D eigenvalue weighted by Gasteiger charge is -2.22. The van der Waals surface area contributed by atoms with E-state index in [4.69, 9.17) is 6.57 Å². The smallest absolute Gasteiger partial charge is 0.236 e. The highest BCUT2D eigenvalue weighted by Gasteiger charge is 2.43. The Morgan fingerprint density at radius 1 is 1.31 bits per heavy atom. The van der Waals surface area contributed by atoms with Gasteiger partial charge in [0.2, 0.25) is 5.69 Å². The molecule has 16 heavy (non-hydrogen) atoms. The predicted molar refractivity (Wildman–Crippen MR) is 47.7 cm³/mol. The van der Waals surface area contributed by atoms with Crippen LogP contribution in [0.3, 0.4) is 0 Å². The highest BCUT2D eigenvalue weighted by atomic mass is 19.4. The van der Waals surface area contributed by atoms with E-state index < -0.39 is 28.7 Å². The second-order valence-corrected chi connectivity index (χ2v) is 2.66. The van der Waals surface area contributed by atoms with Crippen LogP contribution in [0.1, 0.15) is 0 Å². The maximum absolute atomic E-state index is 12.3. The van der Waals surface area contributed by atoms with Crippen LogP contribution in [-0.4, -0.2) is 12.5 Å². The van der Waals surface area contributed by atoms with Crippen molar-refractivity contribution < 1.29 is 22.4 Å². The number of rotatable bonds is 1. The number of carbonyl (C=O) groups excluding carboxylic acids is 1. The third-order valence-electron chi connectivity index (χ3n) is 1.67. The van der Waals surface area contributed by atoms with E-state index in [0.717, 1.165) is 12.1 Å². The summed E-state index contributed by atoms with van der Waals surface area (Å²) in [6, 6.07) is 4.39. The average Bonchev–Trinajstić information content (AvgIpc) is 2.15. The first-order valence-electron chi connectivity index (χ1n) is 3.91. The Morgan fingerprint density at radius 3 is 2.31 bits per heavy atom. The molecule has 0 atom stereocenters. The summed E-state index contributed by atoms with van der Waals surface area (Å²) < 4.78 is 49.3. The van der Waals surface area contributed by atoms with E-state index in [2.05, 4.69) is 4.85 Å². The van der Waals surface area contributed by atoms with Gasteiger partial charge in [0.25, 0.3) is 0 Å². The fraction of sp³-hybridized carbons (Fsp3) is 0.111. The van der Waals surface area contributed by atoms with Crippen molar-refractivity contribution in [3.05, 3.63) is 35.7 Å². The normalized spacial score (nSPS) is 10.7. The van der Waals surface area contributed by atoms with Crippen molar-refractivity contribution in [1.82, 2.24) is 0 Å². The van der Waals surface area contributed by atoms with E-state index in [0.29, 0.717) is 0 Å². The molecule has 0 N–H and O–H groups in total. The highest BCUT2D eigenvalue weighted by molar-refractivity contribution is 5.92. The molecule has 0 aliphatic heterocycles. The molecule has 0 bridgehead atoms. The Bertz CT molecular complexity index is 450. The Balaban J connectivity index is 3.34. The molecule has 0 fully saturated rings. The van der Waals surface area contributed by atoms with Crippen molar-refractivity contribution in [2.75, 3.05) is 4.90 Å². The lowest BCUT2D eigenvalue weighted by atomic mass is 10.2. The standard InChI is InChI=1S/C9H4F4N2O/c1-14-6-4-2-3-5-7(6)15(8(10)16)9(11,12)13/h2-5H. The number of nitrogens with zero attached hydrogens (tertiary/aromatic N) is 2. The molecule has 0 saturated heterocycles. The molecule has 84 valence electrons. The number of carbonyl (C=O) groups is 1. The molecular formula is C9H4F4N2O. The lowest BCUT2D eigenvalue weighted by molar-refractivity contribution is -0.122. The van der Waals surface area contributed by atoms with E-state index in [1.54, 1.807) is 0 Å². The van der Waals surface area contributed by atoms with Gasteiger partial charge in [0, 0.05) is 0 Å². The topological polar surface area (TPSA) is 24.7 Å². The van der Waals surface area contributed by atoms with Gasteiger partial charge in [-0.3, -0.25) is 0 Å². The Kier molecular flexibility index (Phi) is 3.13. The molecule has 1 aromatic carbocycles. The van der Waals surface area contributed by atoms with Crippen LogP contribution >= 0.6 is 0 Å². The van der Waals surface area contributed by atoms with Crippen LogP contribution in [0.25, 0.3) is 4.85 Å². The molecule has 0 spiro atoms. The number of alkyl halides is 3. The van der Waals surface area contributed by atoms with Crippen LogP contribution in [-0.2, 0) is 0 Å². The number of hydrogen-bond acceptors (Lipinski definition) is 1. The lowest BCUT2D eigenvalue weighted by Crippen LogP contribution is -2.40. The van der Waals surface area contributed by atoms with Crippen LogP contribution < -0.4 is 4.90 Å². The zero-order chi connectivity index (χ0) is 12.3. The van der Waals surface area contributed by atoms with Crippen molar-refractivity contribution in [1.29, 1.82) is 0 Å². The molecule has 0 aliphatic carbocycles. The number of amides is 1. The molecule has 3 nitrogen and oxygen atoms in total. The summed E-state index contributed by atoms with van der Waals surface area (Å²) in [5.41, 5.74) is -1.27. The van der Waals surface area contributed by atoms with Crippen molar-refractivity contribution in [3.63, 3.8) is 0 Å². The molecule has 0 saturated carbocycles. The Labute approximate surface area is 87.7 Å². The molecule has 1 rings (SSSR count). The maximum atomic E-state index is 12.3. The fourth-order valence-corrected chi connectivity index (χ4v) is 1.08. The van der Waals surface area contributed by atoms with Crippen LogP contribution in [0.15, 0.2) is 24.3 Å². The van der Waals surface area contributed by atoms with E-state index in [9.17, 15) is 22.4 Å². The van der Waals surface area contributed by atoms with Gasteiger partial charge in [0.05, 0.1) is 12.3 Å². The number of para-hydroxylation sites is 2. The van der Waals surface area contributed by atoms with Crippen LogP contribution in [0.5, 0.6) is 0 Å². The van der Waals surface area contributed by atoms with Crippen molar-refractivity contribution in [2.24, 2.45) is 0 Å². The van der Waals surface area contributed by atoms with Gasteiger partial charge in [-0.2, -0.15) is 0 Å². The zero-order valence-corrected chi connectivity index (χ0v) is 7.62. The van der Waals surface area contributed by atoms with Crippen LogP contribution in [0.4, 0.5) is 33.7 Å². The molecule has 7 heteroatoms. The largest absolute Gasteiger partial charge is 0.492 e. The van der Waals surface area contributed by atoms with Crippen LogP contribution in [0.2, 0.25) is 0 Å². The van der Waals surface area contributed by atoms with Crippen molar-refractivity contribution in [3.8, 4) is 0 Å². The van der Waals surface area contributed by atoms with Gasteiger partial charge in [-0.25, -0.2) is 14.5 Å². The summed E-state index contributed by atoms with van der Waals surface area (Å²) in [5.74, 6) is 0. The fourth-order valence-electron chi connectivity index (χ4n) is 1.08. The summed E-state index contributed by atoms with van der Waals surface area (Å²) in [5, 5.41) is 0. The molecule has 0 aromatic heterocycles. The second-order valence-electron chi connectivity index (χ2n) is 2.66. The van der Waals surface area contributed by atoms with Gasteiger partial charge < -0.3 is 0 Å². The van der Waals surface area contributed by atoms with E-state index in [-0.39, 0.29) is 0 Å². The van der Waals surface area contributed by atoms with Gasteiger partial charge in [0.1, 0.15) is 0 Å². The monoisotopic (exact) mass is 232 g/mol. The number of hydrogen-bond donors (Lipinski definition) is 0. The minimum Gasteiger partial charge on any atom is -0.236 e. The average molecular weight is 232 g/mol. The van der Waals surface area contributed by atoms with Gasteiger partial charge in [-0.05, 0) is 6.07 Å². The second kappa shape index (κ2) is 4.18. The first-order valence-corrected chi connectivity index (χ1v) is 3.91. The molecular weight excluding hydrogens is 228 g/mol. The van der Waals surface area contributed by atoms with E-state index >= 15 is 0 Å². The van der Waals surface area contributed by atoms with E-state index in [1.165, 1.54) is 12.1 Å².